The number of hydrogen-bond acceptors (Lipinski definition) is 3. The summed E-state index contributed by atoms with van der Waals surface area (Å²) in [5.74, 6) is 1.31. The molecule has 0 bridgehead atoms. The second-order valence-corrected chi connectivity index (χ2v) is 7.19. The Morgan fingerprint density at radius 1 is 1.16 bits per heavy atom. The van der Waals surface area contributed by atoms with Crippen molar-refractivity contribution < 1.29 is 4.39 Å². The number of imidazole rings is 1. The number of rotatable bonds is 2. The van der Waals surface area contributed by atoms with Gasteiger partial charge in [0, 0.05) is 48.4 Å². The molecule has 25 heavy (non-hydrogen) atoms. The largest absolute Gasteiger partial charge is 0.365 e. The zero-order valence-corrected chi connectivity index (χ0v) is 15.2. The van der Waals surface area contributed by atoms with Gasteiger partial charge in [-0.15, -0.1) is 0 Å². The Kier molecular flexibility index (Phi) is 3.74. The van der Waals surface area contributed by atoms with E-state index in [1.165, 1.54) is 11.8 Å². The quantitative estimate of drug-likeness (QED) is 0.705. The standard InChI is InChI=1S/C20H23FN4/c1-12(2)20-23-17-11-25(8-7-18(17)24(20)4)19-9-13(3)22-16-6-5-14(21)10-15(16)19/h5-6,9-10,12H,7-8,11H2,1-4H3. The van der Waals surface area contributed by atoms with Crippen LogP contribution >= 0.6 is 0 Å². The molecule has 0 atom stereocenters. The summed E-state index contributed by atoms with van der Waals surface area (Å²) < 4.78 is 16.0. The summed E-state index contributed by atoms with van der Waals surface area (Å²) in [6.45, 7) is 7.99. The van der Waals surface area contributed by atoms with E-state index >= 15 is 0 Å². The molecular weight excluding hydrogens is 315 g/mol. The Hall–Kier alpha value is -2.43. The van der Waals surface area contributed by atoms with Crippen molar-refractivity contribution in [3.8, 4) is 0 Å². The highest BCUT2D eigenvalue weighted by molar-refractivity contribution is 5.92. The van der Waals surface area contributed by atoms with Crippen molar-refractivity contribution in [2.75, 3.05) is 11.4 Å². The maximum Gasteiger partial charge on any atom is 0.124 e. The first kappa shape index (κ1) is 16.1. The number of nitrogens with zero attached hydrogens (tertiary/aromatic N) is 4. The Balaban J connectivity index is 1.78. The molecule has 0 fully saturated rings. The van der Waals surface area contributed by atoms with E-state index in [1.807, 2.05) is 6.92 Å². The molecule has 0 spiro atoms. The molecule has 0 saturated carbocycles. The van der Waals surface area contributed by atoms with Gasteiger partial charge in [0.1, 0.15) is 11.6 Å². The van der Waals surface area contributed by atoms with E-state index in [4.69, 9.17) is 4.98 Å². The number of anilines is 1. The fraction of sp³-hybridized carbons (Fsp3) is 0.400. The lowest BCUT2D eigenvalue weighted by Crippen LogP contribution is -2.31. The normalized spacial score (nSPS) is 14.4. The van der Waals surface area contributed by atoms with Gasteiger partial charge >= 0.3 is 0 Å². The molecule has 5 heteroatoms. The van der Waals surface area contributed by atoms with Crippen LogP contribution in [-0.2, 0) is 20.0 Å². The van der Waals surface area contributed by atoms with Crippen LogP contribution in [0.3, 0.4) is 0 Å². The first-order chi connectivity index (χ1) is 11.9. The third-order valence-corrected chi connectivity index (χ3v) is 5.02. The predicted molar refractivity (Wildman–Crippen MR) is 98.5 cm³/mol. The van der Waals surface area contributed by atoms with Gasteiger partial charge < -0.3 is 9.47 Å². The lowest BCUT2D eigenvalue weighted by molar-refractivity contribution is 0.629. The van der Waals surface area contributed by atoms with Crippen molar-refractivity contribution >= 4 is 16.6 Å². The van der Waals surface area contributed by atoms with Gasteiger partial charge in [-0.1, -0.05) is 13.8 Å². The monoisotopic (exact) mass is 338 g/mol. The van der Waals surface area contributed by atoms with Crippen LogP contribution in [-0.4, -0.2) is 21.1 Å². The molecule has 1 aromatic carbocycles. The molecule has 4 nitrogen and oxygen atoms in total. The topological polar surface area (TPSA) is 34.0 Å². The van der Waals surface area contributed by atoms with Crippen LogP contribution in [0.15, 0.2) is 24.3 Å². The number of aryl methyl sites for hydroxylation is 1. The molecular formula is C20H23FN4. The molecule has 0 saturated heterocycles. The molecule has 0 radical (unpaired) electrons. The average Bonchev–Trinajstić information content (AvgIpc) is 2.91. The highest BCUT2D eigenvalue weighted by Crippen LogP contribution is 2.32. The van der Waals surface area contributed by atoms with E-state index in [-0.39, 0.29) is 5.82 Å². The predicted octanol–water partition coefficient (Wildman–Crippen LogP) is 4.10. The zero-order valence-electron chi connectivity index (χ0n) is 15.2. The van der Waals surface area contributed by atoms with E-state index in [2.05, 4.69) is 41.4 Å². The lowest BCUT2D eigenvalue weighted by atomic mass is 10.1. The van der Waals surface area contributed by atoms with Gasteiger partial charge in [-0.25, -0.2) is 9.37 Å². The molecule has 1 aliphatic heterocycles. The third-order valence-electron chi connectivity index (χ3n) is 5.02. The van der Waals surface area contributed by atoms with Gasteiger partial charge in [-0.2, -0.15) is 0 Å². The van der Waals surface area contributed by atoms with Crippen LogP contribution < -0.4 is 4.90 Å². The van der Waals surface area contributed by atoms with Crippen molar-refractivity contribution in [1.82, 2.24) is 14.5 Å². The molecule has 130 valence electrons. The summed E-state index contributed by atoms with van der Waals surface area (Å²) in [6.07, 6.45) is 0.948. The molecule has 0 N–H and O–H groups in total. The molecule has 0 aliphatic carbocycles. The second-order valence-electron chi connectivity index (χ2n) is 7.19. The van der Waals surface area contributed by atoms with Gasteiger partial charge in [-0.3, -0.25) is 4.98 Å². The summed E-state index contributed by atoms with van der Waals surface area (Å²) in [7, 11) is 2.11. The highest BCUT2D eigenvalue weighted by atomic mass is 19.1. The zero-order chi connectivity index (χ0) is 17.7. The SMILES string of the molecule is Cc1cc(N2CCc3c(nc(C(C)C)n3C)C2)c2cc(F)ccc2n1. The Bertz CT molecular complexity index is 958. The van der Waals surface area contributed by atoms with Gasteiger partial charge in [0.2, 0.25) is 0 Å². The molecule has 3 aromatic rings. The number of aromatic nitrogens is 3. The fourth-order valence-electron chi connectivity index (χ4n) is 3.84. The van der Waals surface area contributed by atoms with Gasteiger partial charge in [-0.05, 0) is 31.2 Å². The number of pyridine rings is 1. The lowest BCUT2D eigenvalue weighted by Gasteiger charge is -2.30. The van der Waals surface area contributed by atoms with Gasteiger partial charge in [0.25, 0.3) is 0 Å². The minimum Gasteiger partial charge on any atom is -0.365 e. The van der Waals surface area contributed by atoms with E-state index in [0.717, 1.165) is 53.3 Å². The molecule has 0 unspecified atom stereocenters. The smallest absolute Gasteiger partial charge is 0.124 e. The van der Waals surface area contributed by atoms with E-state index in [9.17, 15) is 4.39 Å². The van der Waals surface area contributed by atoms with Crippen LogP contribution in [0.5, 0.6) is 0 Å². The summed E-state index contributed by atoms with van der Waals surface area (Å²) in [6, 6.07) is 6.87. The van der Waals surface area contributed by atoms with Crippen molar-refractivity contribution in [1.29, 1.82) is 0 Å². The number of halogens is 1. The fourth-order valence-corrected chi connectivity index (χ4v) is 3.84. The first-order valence-corrected chi connectivity index (χ1v) is 8.80. The van der Waals surface area contributed by atoms with E-state index < -0.39 is 0 Å². The number of benzene rings is 1. The molecule has 1 aliphatic rings. The third kappa shape index (κ3) is 2.68. The Labute approximate surface area is 147 Å². The van der Waals surface area contributed by atoms with Crippen LogP contribution in [0.4, 0.5) is 10.1 Å². The first-order valence-electron chi connectivity index (χ1n) is 8.80. The summed E-state index contributed by atoms with van der Waals surface area (Å²) in [4.78, 5) is 11.7. The van der Waals surface area contributed by atoms with Crippen LogP contribution in [0.25, 0.3) is 10.9 Å². The summed E-state index contributed by atoms with van der Waals surface area (Å²) in [5.41, 5.74) is 5.29. The van der Waals surface area contributed by atoms with E-state index in [1.54, 1.807) is 12.1 Å². The van der Waals surface area contributed by atoms with Crippen molar-refractivity contribution in [3.63, 3.8) is 0 Å². The minimum absolute atomic E-state index is 0.225. The second kappa shape index (κ2) is 5.83. The molecule has 2 aromatic heterocycles. The van der Waals surface area contributed by atoms with Gasteiger partial charge in [0.15, 0.2) is 0 Å². The molecule has 0 amide bonds. The van der Waals surface area contributed by atoms with Crippen LogP contribution in [0.2, 0.25) is 0 Å². The number of hydrogen-bond donors (Lipinski definition) is 0. The summed E-state index contributed by atoms with van der Waals surface area (Å²) >= 11 is 0. The van der Waals surface area contributed by atoms with Crippen molar-refractivity contribution in [2.24, 2.45) is 7.05 Å². The average molecular weight is 338 g/mol. The number of fused-ring (bicyclic) bond motifs is 2. The maximum atomic E-state index is 13.8. The van der Waals surface area contributed by atoms with Crippen LogP contribution in [0.1, 0.15) is 42.7 Å². The van der Waals surface area contributed by atoms with Crippen molar-refractivity contribution in [2.45, 2.75) is 39.7 Å². The van der Waals surface area contributed by atoms with Crippen molar-refractivity contribution in [3.05, 3.63) is 53.0 Å². The van der Waals surface area contributed by atoms with E-state index in [0.29, 0.717) is 5.92 Å². The van der Waals surface area contributed by atoms with Gasteiger partial charge in [0.05, 0.1) is 17.8 Å². The Morgan fingerprint density at radius 3 is 2.72 bits per heavy atom. The Morgan fingerprint density at radius 2 is 1.96 bits per heavy atom. The highest BCUT2D eigenvalue weighted by Gasteiger charge is 2.25. The minimum atomic E-state index is -0.225. The summed E-state index contributed by atoms with van der Waals surface area (Å²) in [5, 5.41) is 0.870. The molecule has 3 heterocycles. The van der Waals surface area contributed by atoms with Crippen LogP contribution in [0, 0.1) is 12.7 Å². The maximum absolute atomic E-state index is 13.8. The molecule has 4 rings (SSSR count).